The predicted octanol–water partition coefficient (Wildman–Crippen LogP) is 2.61. The number of amides is 1. The van der Waals surface area contributed by atoms with Gasteiger partial charge in [0.2, 0.25) is 0 Å². The van der Waals surface area contributed by atoms with Crippen LogP contribution in [-0.4, -0.2) is 57.7 Å². The minimum Gasteiger partial charge on any atom is -0.454 e. The summed E-state index contributed by atoms with van der Waals surface area (Å²) < 4.78 is 7.60. The standard InChI is InChI=1S/C19H26N4O2/c24-19(18-8-7-17(25-18)15-22-12-5-9-20-22)23-13-4-6-16(23)14-21-10-2-1-3-11-21/h5,7-9,12,16H,1-4,6,10-11,13-15H2. The van der Waals surface area contributed by atoms with E-state index < -0.39 is 0 Å². The van der Waals surface area contributed by atoms with Crippen molar-refractivity contribution < 1.29 is 9.21 Å². The van der Waals surface area contributed by atoms with E-state index in [4.69, 9.17) is 4.42 Å². The van der Waals surface area contributed by atoms with Gasteiger partial charge in [-0.1, -0.05) is 6.42 Å². The second kappa shape index (κ2) is 7.44. The number of nitrogens with zero attached hydrogens (tertiary/aromatic N) is 4. The van der Waals surface area contributed by atoms with Crippen molar-refractivity contribution in [3.63, 3.8) is 0 Å². The maximum absolute atomic E-state index is 12.9. The Kier molecular flexibility index (Phi) is 4.88. The molecule has 134 valence electrons. The fraction of sp³-hybridized carbons (Fsp3) is 0.579. The third-order valence-corrected chi connectivity index (χ3v) is 5.31. The molecule has 2 aliphatic heterocycles. The Hall–Kier alpha value is -2.08. The number of hydrogen-bond donors (Lipinski definition) is 0. The van der Waals surface area contributed by atoms with E-state index in [2.05, 4.69) is 10.00 Å². The molecule has 2 aromatic heterocycles. The maximum atomic E-state index is 12.9. The van der Waals surface area contributed by atoms with Crippen LogP contribution in [0.25, 0.3) is 0 Å². The molecule has 0 aliphatic carbocycles. The molecule has 0 aromatic carbocycles. The van der Waals surface area contributed by atoms with Crippen LogP contribution in [-0.2, 0) is 6.54 Å². The number of piperidine rings is 1. The summed E-state index contributed by atoms with van der Waals surface area (Å²) in [4.78, 5) is 17.4. The second-order valence-electron chi connectivity index (χ2n) is 7.13. The van der Waals surface area contributed by atoms with E-state index in [1.807, 2.05) is 23.2 Å². The average molecular weight is 342 g/mol. The first kappa shape index (κ1) is 16.4. The normalized spacial score (nSPS) is 21.8. The Morgan fingerprint density at radius 3 is 2.84 bits per heavy atom. The molecule has 4 heterocycles. The second-order valence-corrected chi connectivity index (χ2v) is 7.13. The first-order valence-corrected chi connectivity index (χ1v) is 9.39. The largest absolute Gasteiger partial charge is 0.454 e. The zero-order chi connectivity index (χ0) is 17.1. The molecule has 2 aromatic rings. The van der Waals surface area contributed by atoms with Crippen molar-refractivity contribution in [3.05, 3.63) is 42.1 Å². The van der Waals surface area contributed by atoms with Crippen molar-refractivity contribution in [2.24, 2.45) is 0 Å². The van der Waals surface area contributed by atoms with Gasteiger partial charge in [0.05, 0.1) is 6.54 Å². The Morgan fingerprint density at radius 2 is 2.04 bits per heavy atom. The number of rotatable bonds is 5. The molecule has 1 amide bonds. The number of carbonyl (C=O) groups excluding carboxylic acids is 1. The third-order valence-electron chi connectivity index (χ3n) is 5.31. The number of hydrogen-bond acceptors (Lipinski definition) is 4. The van der Waals surface area contributed by atoms with E-state index >= 15 is 0 Å². The molecule has 6 heteroatoms. The van der Waals surface area contributed by atoms with Gasteiger partial charge < -0.3 is 14.2 Å². The lowest BCUT2D eigenvalue weighted by atomic mass is 10.1. The molecule has 2 aliphatic rings. The van der Waals surface area contributed by atoms with E-state index in [1.165, 1.54) is 32.4 Å². The molecular formula is C19H26N4O2. The van der Waals surface area contributed by atoms with Crippen molar-refractivity contribution in [2.45, 2.75) is 44.7 Å². The van der Waals surface area contributed by atoms with Crippen LogP contribution in [0.15, 0.2) is 35.0 Å². The van der Waals surface area contributed by atoms with Gasteiger partial charge in [-0.05, 0) is 57.0 Å². The number of furan rings is 1. The molecular weight excluding hydrogens is 316 g/mol. The molecule has 4 rings (SSSR count). The summed E-state index contributed by atoms with van der Waals surface area (Å²) >= 11 is 0. The van der Waals surface area contributed by atoms with Crippen LogP contribution >= 0.6 is 0 Å². The molecule has 1 unspecified atom stereocenters. The molecule has 0 bridgehead atoms. The summed E-state index contributed by atoms with van der Waals surface area (Å²) in [5.74, 6) is 1.25. The monoisotopic (exact) mass is 342 g/mol. The topological polar surface area (TPSA) is 54.5 Å². The van der Waals surface area contributed by atoms with E-state index in [1.54, 1.807) is 16.9 Å². The van der Waals surface area contributed by atoms with E-state index in [9.17, 15) is 4.79 Å². The van der Waals surface area contributed by atoms with Gasteiger partial charge in [0.25, 0.3) is 5.91 Å². The van der Waals surface area contributed by atoms with Gasteiger partial charge in [-0.15, -0.1) is 0 Å². The number of aromatic nitrogens is 2. The molecule has 0 spiro atoms. The third kappa shape index (κ3) is 3.79. The fourth-order valence-corrected chi connectivity index (χ4v) is 4.01. The van der Waals surface area contributed by atoms with Crippen LogP contribution in [0.1, 0.15) is 48.4 Å². The van der Waals surface area contributed by atoms with Gasteiger partial charge >= 0.3 is 0 Å². The Labute approximate surface area is 148 Å². The van der Waals surface area contributed by atoms with Crippen LogP contribution in [0, 0.1) is 0 Å². The lowest BCUT2D eigenvalue weighted by Gasteiger charge is -2.32. The first-order valence-electron chi connectivity index (χ1n) is 9.39. The molecule has 0 radical (unpaired) electrons. The van der Waals surface area contributed by atoms with Gasteiger partial charge in [-0.2, -0.15) is 5.10 Å². The van der Waals surface area contributed by atoms with Crippen LogP contribution in [0.4, 0.5) is 0 Å². The zero-order valence-corrected chi connectivity index (χ0v) is 14.6. The SMILES string of the molecule is O=C(c1ccc(Cn2cccn2)o1)N1CCCC1CN1CCCCC1. The number of carbonyl (C=O) groups is 1. The fourth-order valence-electron chi connectivity index (χ4n) is 4.01. The highest BCUT2D eigenvalue weighted by Crippen LogP contribution is 2.23. The summed E-state index contributed by atoms with van der Waals surface area (Å²) in [5.41, 5.74) is 0. The molecule has 6 nitrogen and oxygen atoms in total. The summed E-state index contributed by atoms with van der Waals surface area (Å²) in [5, 5.41) is 4.18. The van der Waals surface area contributed by atoms with Gasteiger partial charge in [0.15, 0.2) is 5.76 Å². The van der Waals surface area contributed by atoms with E-state index in [0.717, 1.165) is 31.7 Å². The maximum Gasteiger partial charge on any atom is 0.289 e. The van der Waals surface area contributed by atoms with Crippen LogP contribution in [0.3, 0.4) is 0 Å². The molecule has 25 heavy (non-hydrogen) atoms. The summed E-state index contributed by atoms with van der Waals surface area (Å²) in [6.07, 6.45) is 9.73. The quantitative estimate of drug-likeness (QED) is 0.838. The molecule has 2 fully saturated rings. The van der Waals surface area contributed by atoms with Crippen LogP contribution < -0.4 is 0 Å². The predicted molar refractivity (Wildman–Crippen MR) is 94.4 cm³/mol. The Bertz CT molecular complexity index is 688. The smallest absolute Gasteiger partial charge is 0.289 e. The minimum atomic E-state index is 0.0335. The highest BCUT2D eigenvalue weighted by Gasteiger charge is 2.32. The highest BCUT2D eigenvalue weighted by molar-refractivity contribution is 5.92. The lowest BCUT2D eigenvalue weighted by molar-refractivity contribution is 0.0657. The van der Waals surface area contributed by atoms with Gasteiger partial charge in [-0.25, -0.2) is 0 Å². The van der Waals surface area contributed by atoms with Gasteiger partial charge in [0.1, 0.15) is 5.76 Å². The average Bonchev–Trinajstić information content (AvgIpc) is 3.38. The van der Waals surface area contributed by atoms with Gasteiger partial charge in [0, 0.05) is 31.5 Å². The van der Waals surface area contributed by atoms with Crippen molar-refractivity contribution >= 4 is 5.91 Å². The Morgan fingerprint density at radius 1 is 1.16 bits per heavy atom. The van der Waals surface area contributed by atoms with E-state index in [0.29, 0.717) is 18.3 Å². The highest BCUT2D eigenvalue weighted by atomic mass is 16.4. The first-order chi connectivity index (χ1) is 12.3. The van der Waals surface area contributed by atoms with Crippen molar-refractivity contribution in [1.29, 1.82) is 0 Å². The number of likely N-dealkylation sites (tertiary alicyclic amines) is 2. The molecule has 1 atom stereocenters. The zero-order valence-electron chi connectivity index (χ0n) is 14.6. The summed E-state index contributed by atoms with van der Waals surface area (Å²) in [7, 11) is 0. The molecule has 0 saturated carbocycles. The summed E-state index contributed by atoms with van der Waals surface area (Å²) in [6, 6.07) is 5.89. The molecule has 0 N–H and O–H groups in total. The van der Waals surface area contributed by atoms with Gasteiger partial charge in [-0.3, -0.25) is 9.48 Å². The summed E-state index contributed by atoms with van der Waals surface area (Å²) in [6.45, 7) is 4.75. The van der Waals surface area contributed by atoms with Crippen molar-refractivity contribution in [2.75, 3.05) is 26.2 Å². The van der Waals surface area contributed by atoms with Crippen LogP contribution in [0.2, 0.25) is 0 Å². The molecule has 2 saturated heterocycles. The minimum absolute atomic E-state index is 0.0335. The van der Waals surface area contributed by atoms with Crippen LogP contribution in [0.5, 0.6) is 0 Å². The van der Waals surface area contributed by atoms with Crippen molar-refractivity contribution in [3.8, 4) is 0 Å². The van der Waals surface area contributed by atoms with E-state index in [-0.39, 0.29) is 5.91 Å². The Balaban J connectivity index is 1.40. The van der Waals surface area contributed by atoms with Crippen molar-refractivity contribution in [1.82, 2.24) is 19.6 Å². The lowest BCUT2D eigenvalue weighted by Crippen LogP contribution is -2.44.